The molecule has 0 N–H and O–H groups in total. The van der Waals surface area contributed by atoms with Crippen LogP contribution >= 0.6 is 0 Å². The first-order chi connectivity index (χ1) is 5.86. The molecule has 2 aliphatic rings. The second-order valence-corrected chi connectivity index (χ2v) is 3.58. The standard InChI is InChI=1S/C10H16N2/c1-11-8-4-10(5-9-11)12-6-2-3-7-12/h4-5,8H,2-3,6-7,9H2,1H3. The second-order valence-electron chi connectivity index (χ2n) is 3.58. The Labute approximate surface area is 74.2 Å². The fraction of sp³-hybridized carbons (Fsp3) is 0.600. The summed E-state index contributed by atoms with van der Waals surface area (Å²) in [6.07, 6.45) is 9.41. The lowest BCUT2D eigenvalue weighted by atomic mass is 10.3. The summed E-state index contributed by atoms with van der Waals surface area (Å²) in [7, 11) is 2.10. The van der Waals surface area contributed by atoms with Gasteiger partial charge in [0.1, 0.15) is 0 Å². The van der Waals surface area contributed by atoms with E-state index in [9.17, 15) is 0 Å². The van der Waals surface area contributed by atoms with E-state index in [0.29, 0.717) is 0 Å². The van der Waals surface area contributed by atoms with Crippen LogP contribution in [0.15, 0.2) is 24.0 Å². The molecule has 2 rings (SSSR count). The first kappa shape index (κ1) is 7.71. The lowest BCUT2D eigenvalue weighted by Crippen LogP contribution is -2.22. The van der Waals surface area contributed by atoms with Gasteiger partial charge >= 0.3 is 0 Å². The summed E-state index contributed by atoms with van der Waals surface area (Å²) in [4.78, 5) is 4.67. The molecule has 0 saturated carbocycles. The molecule has 0 aromatic carbocycles. The SMILES string of the molecule is CN1C=CC(N2CCCC2)=CC1. The van der Waals surface area contributed by atoms with Gasteiger partial charge in [-0.2, -0.15) is 0 Å². The van der Waals surface area contributed by atoms with Gasteiger partial charge < -0.3 is 9.80 Å². The summed E-state index contributed by atoms with van der Waals surface area (Å²) in [5.41, 5.74) is 1.42. The third-order valence-corrected chi connectivity index (χ3v) is 2.56. The van der Waals surface area contributed by atoms with Crippen molar-refractivity contribution in [3.05, 3.63) is 24.0 Å². The van der Waals surface area contributed by atoms with Crippen LogP contribution in [0.5, 0.6) is 0 Å². The summed E-state index contributed by atoms with van der Waals surface area (Å²) in [6.45, 7) is 3.56. The Morgan fingerprint density at radius 3 is 2.58 bits per heavy atom. The van der Waals surface area contributed by atoms with E-state index in [1.165, 1.54) is 31.6 Å². The van der Waals surface area contributed by atoms with Crippen LogP contribution in [0.2, 0.25) is 0 Å². The average molecular weight is 164 g/mol. The quantitative estimate of drug-likeness (QED) is 0.578. The molecule has 66 valence electrons. The minimum absolute atomic E-state index is 1.06. The van der Waals surface area contributed by atoms with Crippen LogP contribution in [-0.4, -0.2) is 36.5 Å². The molecule has 0 spiro atoms. The Hall–Kier alpha value is -0.920. The molecule has 0 aliphatic carbocycles. The van der Waals surface area contributed by atoms with E-state index in [1.54, 1.807) is 0 Å². The first-order valence-corrected chi connectivity index (χ1v) is 4.70. The van der Waals surface area contributed by atoms with Crippen LogP contribution in [0, 0.1) is 0 Å². The van der Waals surface area contributed by atoms with E-state index in [0.717, 1.165) is 6.54 Å². The van der Waals surface area contributed by atoms with Crippen molar-refractivity contribution in [1.82, 2.24) is 9.80 Å². The summed E-state index contributed by atoms with van der Waals surface area (Å²) >= 11 is 0. The maximum Gasteiger partial charge on any atom is 0.0373 e. The molecule has 1 saturated heterocycles. The molecular formula is C10H16N2. The number of hydrogen-bond acceptors (Lipinski definition) is 2. The average Bonchev–Trinajstić information content (AvgIpc) is 2.58. The first-order valence-electron chi connectivity index (χ1n) is 4.70. The van der Waals surface area contributed by atoms with Gasteiger partial charge in [0.15, 0.2) is 0 Å². The fourth-order valence-electron chi connectivity index (χ4n) is 1.78. The van der Waals surface area contributed by atoms with Crippen molar-refractivity contribution in [1.29, 1.82) is 0 Å². The van der Waals surface area contributed by atoms with Crippen LogP contribution in [0.3, 0.4) is 0 Å². The lowest BCUT2D eigenvalue weighted by molar-refractivity contribution is 0.418. The van der Waals surface area contributed by atoms with E-state index in [2.05, 4.69) is 35.2 Å². The Bertz CT molecular complexity index is 212. The number of nitrogens with zero attached hydrogens (tertiary/aromatic N) is 2. The van der Waals surface area contributed by atoms with Crippen molar-refractivity contribution in [2.24, 2.45) is 0 Å². The van der Waals surface area contributed by atoms with E-state index in [4.69, 9.17) is 0 Å². The monoisotopic (exact) mass is 164 g/mol. The Morgan fingerprint density at radius 2 is 2.00 bits per heavy atom. The van der Waals surface area contributed by atoms with Gasteiger partial charge in [-0.25, -0.2) is 0 Å². The molecule has 2 heteroatoms. The second kappa shape index (κ2) is 3.21. The molecule has 0 radical (unpaired) electrons. The molecule has 0 aromatic heterocycles. The van der Waals surface area contributed by atoms with Crippen LogP contribution in [0.25, 0.3) is 0 Å². The Morgan fingerprint density at radius 1 is 1.25 bits per heavy atom. The molecule has 2 heterocycles. The van der Waals surface area contributed by atoms with Crippen molar-refractivity contribution in [2.45, 2.75) is 12.8 Å². The van der Waals surface area contributed by atoms with Crippen molar-refractivity contribution in [3.8, 4) is 0 Å². The minimum Gasteiger partial charge on any atom is -0.377 e. The van der Waals surface area contributed by atoms with Crippen LogP contribution in [-0.2, 0) is 0 Å². The number of hydrogen-bond donors (Lipinski definition) is 0. The molecule has 0 amide bonds. The third kappa shape index (κ3) is 1.47. The molecule has 2 aliphatic heterocycles. The molecular weight excluding hydrogens is 148 g/mol. The predicted molar refractivity (Wildman–Crippen MR) is 50.7 cm³/mol. The summed E-state index contributed by atoms with van der Waals surface area (Å²) in [5.74, 6) is 0. The van der Waals surface area contributed by atoms with Crippen molar-refractivity contribution < 1.29 is 0 Å². The maximum absolute atomic E-state index is 2.48. The van der Waals surface area contributed by atoms with Gasteiger partial charge in [-0.1, -0.05) is 0 Å². The van der Waals surface area contributed by atoms with Crippen molar-refractivity contribution >= 4 is 0 Å². The number of likely N-dealkylation sites (N-methyl/N-ethyl adjacent to an activating group) is 1. The highest BCUT2D eigenvalue weighted by molar-refractivity contribution is 5.21. The molecule has 0 aromatic rings. The zero-order valence-electron chi connectivity index (χ0n) is 7.66. The molecule has 1 fully saturated rings. The van der Waals surface area contributed by atoms with Crippen LogP contribution in [0.1, 0.15) is 12.8 Å². The fourth-order valence-corrected chi connectivity index (χ4v) is 1.78. The maximum atomic E-state index is 2.48. The van der Waals surface area contributed by atoms with Crippen LogP contribution in [0.4, 0.5) is 0 Å². The molecule has 0 atom stereocenters. The highest BCUT2D eigenvalue weighted by atomic mass is 15.2. The summed E-state index contributed by atoms with van der Waals surface area (Å²) in [6, 6.07) is 0. The predicted octanol–water partition coefficient (Wildman–Crippen LogP) is 1.43. The Kier molecular flexibility index (Phi) is 2.07. The van der Waals surface area contributed by atoms with Gasteiger partial charge in [-0.05, 0) is 25.0 Å². The highest BCUT2D eigenvalue weighted by Crippen LogP contribution is 2.17. The van der Waals surface area contributed by atoms with Gasteiger partial charge in [0, 0.05) is 38.6 Å². The number of likely N-dealkylation sites (tertiary alicyclic amines) is 1. The summed E-state index contributed by atoms with van der Waals surface area (Å²) < 4.78 is 0. The zero-order valence-corrected chi connectivity index (χ0v) is 7.66. The van der Waals surface area contributed by atoms with E-state index in [-0.39, 0.29) is 0 Å². The van der Waals surface area contributed by atoms with Crippen molar-refractivity contribution in [2.75, 3.05) is 26.7 Å². The highest BCUT2D eigenvalue weighted by Gasteiger charge is 2.13. The van der Waals surface area contributed by atoms with Gasteiger partial charge in [0.25, 0.3) is 0 Å². The minimum atomic E-state index is 1.06. The zero-order chi connectivity index (χ0) is 8.39. The molecule has 2 nitrogen and oxygen atoms in total. The van der Waals surface area contributed by atoms with Crippen LogP contribution < -0.4 is 0 Å². The van der Waals surface area contributed by atoms with E-state index in [1.807, 2.05) is 0 Å². The van der Waals surface area contributed by atoms with E-state index >= 15 is 0 Å². The number of allylic oxidation sites excluding steroid dienone is 1. The van der Waals surface area contributed by atoms with Crippen molar-refractivity contribution in [3.63, 3.8) is 0 Å². The number of rotatable bonds is 1. The van der Waals surface area contributed by atoms with Gasteiger partial charge in [-0.15, -0.1) is 0 Å². The van der Waals surface area contributed by atoms with E-state index < -0.39 is 0 Å². The van der Waals surface area contributed by atoms with Gasteiger partial charge in [0.2, 0.25) is 0 Å². The third-order valence-electron chi connectivity index (χ3n) is 2.56. The normalized spacial score (nSPS) is 23.2. The summed E-state index contributed by atoms with van der Waals surface area (Å²) in [5, 5.41) is 0. The Balaban J connectivity index is 2.00. The molecule has 0 bridgehead atoms. The van der Waals surface area contributed by atoms with Gasteiger partial charge in [-0.3, -0.25) is 0 Å². The largest absolute Gasteiger partial charge is 0.377 e. The topological polar surface area (TPSA) is 6.48 Å². The van der Waals surface area contributed by atoms with Gasteiger partial charge in [0.05, 0.1) is 0 Å². The smallest absolute Gasteiger partial charge is 0.0373 e. The lowest BCUT2D eigenvalue weighted by Gasteiger charge is -2.24. The molecule has 12 heavy (non-hydrogen) atoms. The molecule has 0 unspecified atom stereocenters.